The van der Waals surface area contributed by atoms with E-state index in [4.69, 9.17) is 4.74 Å². The van der Waals surface area contributed by atoms with Crippen molar-refractivity contribution in [3.63, 3.8) is 0 Å². The third-order valence-corrected chi connectivity index (χ3v) is 4.53. The summed E-state index contributed by atoms with van der Waals surface area (Å²) in [4.78, 5) is 26.9. The molecule has 0 spiro atoms. The molecular weight excluding hydrogens is 302 g/mol. The molecule has 2 N–H and O–H groups in total. The van der Waals surface area contributed by atoms with Crippen LogP contribution in [0.1, 0.15) is 50.0 Å². The van der Waals surface area contributed by atoms with E-state index in [1.807, 2.05) is 0 Å². The fourth-order valence-corrected chi connectivity index (χ4v) is 3.32. The van der Waals surface area contributed by atoms with E-state index in [0.29, 0.717) is 36.0 Å². The molecule has 1 saturated carbocycles. The van der Waals surface area contributed by atoms with Gasteiger partial charge in [0.2, 0.25) is 5.91 Å². The van der Waals surface area contributed by atoms with E-state index in [9.17, 15) is 9.59 Å². The number of hydrogen-bond acceptors (Lipinski definition) is 5. The van der Waals surface area contributed by atoms with Gasteiger partial charge in [-0.25, -0.2) is 4.98 Å². The monoisotopic (exact) mass is 325 g/mol. The number of ether oxygens (including phenoxy) is 1. The molecule has 2 atom stereocenters. The maximum atomic E-state index is 11.9. The molecule has 6 nitrogen and oxygen atoms in total. The summed E-state index contributed by atoms with van der Waals surface area (Å²) in [6, 6.07) is 0. The zero-order valence-corrected chi connectivity index (χ0v) is 13.9. The van der Waals surface area contributed by atoms with Crippen molar-refractivity contribution in [2.24, 2.45) is 5.92 Å². The van der Waals surface area contributed by atoms with Gasteiger partial charge < -0.3 is 15.4 Å². The number of carbonyl (C=O) groups is 2. The molecule has 122 valence electrons. The van der Waals surface area contributed by atoms with Gasteiger partial charge in [0.1, 0.15) is 5.69 Å². The highest BCUT2D eigenvalue weighted by molar-refractivity contribution is 7.14. The zero-order valence-electron chi connectivity index (χ0n) is 13.1. The second-order valence-electron chi connectivity index (χ2n) is 5.65. The van der Waals surface area contributed by atoms with Gasteiger partial charge in [-0.05, 0) is 18.8 Å². The molecule has 0 unspecified atom stereocenters. The minimum atomic E-state index is -0.242. The molecule has 0 saturated heterocycles. The molecule has 0 aromatic carbocycles. The van der Waals surface area contributed by atoms with Crippen LogP contribution in [-0.2, 0) is 9.53 Å². The summed E-state index contributed by atoms with van der Waals surface area (Å²) in [5.41, 5.74) is 0.319. The highest BCUT2D eigenvalue weighted by Gasteiger charge is 2.21. The van der Waals surface area contributed by atoms with Gasteiger partial charge in [-0.2, -0.15) is 0 Å². The minimum Gasteiger partial charge on any atom is -0.376 e. The van der Waals surface area contributed by atoms with Crippen LogP contribution in [0.15, 0.2) is 5.38 Å². The van der Waals surface area contributed by atoms with Crippen molar-refractivity contribution in [2.45, 2.75) is 45.6 Å². The Morgan fingerprint density at radius 2 is 2.18 bits per heavy atom. The van der Waals surface area contributed by atoms with E-state index in [2.05, 4.69) is 22.5 Å². The van der Waals surface area contributed by atoms with Crippen LogP contribution in [0.25, 0.3) is 0 Å². The maximum absolute atomic E-state index is 11.9. The van der Waals surface area contributed by atoms with Crippen LogP contribution in [0.5, 0.6) is 0 Å². The molecule has 22 heavy (non-hydrogen) atoms. The van der Waals surface area contributed by atoms with Gasteiger partial charge in [-0.1, -0.05) is 19.8 Å². The average molecular weight is 325 g/mol. The Morgan fingerprint density at radius 3 is 2.91 bits per heavy atom. The Kier molecular flexibility index (Phi) is 6.33. The normalized spacial score (nSPS) is 21.4. The van der Waals surface area contributed by atoms with Crippen LogP contribution in [-0.4, -0.2) is 36.1 Å². The Labute approximate surface area is 134 Å². The lowest BCUT2D eigenvalue weighted by molar-refractivity contribution is -0.114. The van der Waals surface area contributed by atoms with Gasteiger partial charge in [0.05, 0.1) is 12.7 Å². The van der Waals surface area contributed by atoms with Crippen LogP contribution < -0.4 is 10.6 Å². The molecule has 0 radical (unpaired) electrons. The lowest BCUT2D eigenvalue weighted by Gasteiger charge is -2.28. The van der Waals surface area contributed by atoms with Gasteiger partial charge in [0.15, 0.2) is 5.13 Å². The summed E-state index contributed by atoms with van der Waals surface area (Å²) in [7, 11) is 0. The van der Waals surface area contributed by atoms with Crippen molar-refractivity contribution in [3.8, 4) is 0 Å². The largest absolute Gasteiger partial charge is 0.376 e. The Morgan fingerprint density at radius 1 is 1.41 bits per heavy atom. The predicted molar refractivity (Wildman–Crippen MR) is 86.1 cm³/mol. The molecule has 1 fully saturated rings. The highest BCUT2D eigenvalue weighted by Crippen LogP contribution is 2.26. The standard InChI is InChI=1S/C15H23N3O3S/c1-10-5-3-4-6-13(10)21-8-7-16-14(20)12-9-22-15(18-12)17-11(2)19/h9-10,13H,3-8H2,1-2H3,(H,16,20)(H,17,18,19)/t10-,13+/m0/s1. The van der Waals surface area contributed by atoms with Crippen molar-refractivity contribution in [1.29, 1.82) is 0 Å². The van der Waals surface area contributed by atoms with Crippen molar-refractivity contribution < 1.29 is 14.3 Å². The lowest BCUT2D eigenvalue weighted by atomic mass is 9.88. The quantitative estimate of drug-likeness (QED) is 0.787. The number of rotatable bonds is 6. The van der Waals surface area contributed by atoms with Crippen molar-refractivity contribution in [3.05, 3.63) is 11.1 Å². The smallest absolute Gasteiger partial charge is 0.270 e. The molecule has 7 heteroatoms. The average Bonchev–Trinajstić information content (AvgIpc) is 2.93. The molecule has 0 bridgehead atoms. The summed E-state index contributed by atoms with van der Waals surface area (Å²) in [5, 5.41) is 7.41. The van der Waals surface area contributed by atoms with E-state index >= 15 is 0 Å². The third-order valence-electron chi connectivity index (χ3n) is 3.77. The van der Waals surface area contributed by atoms with Crippen LogP contribution in [0.4, 0.5) is 5.13 Å². The first-order chi connectivity index (χ1) is 10.6. The predicted octanol–water partition coefficient (Wildman–Crippen LogP) is 2.43. The molecule has 1 heterocycles. The second kappa shape index (κ2) is 8.24. The summed E-state index contributed by atoms with van der Waals surface area (Å²) in [6.07, 6.45) is 5.17. The minimum absolute atomic E-state index is 0.198. The number of hydrogen-bond donors (Lipinski definition) is 2. The van der Waals surface area contributed by atoms with E-state index in [-0.39, 0.29) is 11.8 Å². The number of aromatic nitrogens is 1. The number of anilines is 1. The first kappa shape index (κ1) is 16.9. The fourth-order valence-electron chi connectivity index (χ4n) is 2.58. The Balaban J connectivity index is 1.69. The second-order valence-corrected chi connectivity index (χ2v) is 6.50. The molecule has 2 amide bonds. The van der Waals surface area contributed by atoms with Crippen LogP contribution >= 0.6 is 11.3 Å². The Hall–Kier alpha value is -1.47. The highest BCUT2D eigenvalue weighted by atomic mass is 32.1. The first-order valence-corrected chi connectivity index (χ1v) is 8.57. The molecule has 1 aromatic rings. The van der Waals surface area contributed by atoms with Gasteiger partial charge in [-0.15, -0.1) is 11.3 Å². The van der Waals surface area contributed by atoms with E-state index < -0.39 is 0 Å². The number of amides is 2. The Bertz CT molecular complexity index is 518. The fraction of sp³-hybridized carbons (Fsp3) is 0.667. The van der Waals surface area contributed by atoms with Crippen molar-refractivity contribution in [2.75, 3.05) is 18.5 Å². The summed E-state index contributed by atoms with van der Waals surface area (Å²) in [6.45, 7) is 4.62. The van der Waals surface area contributed by atoms with Gasteiger partial charge >= 0.3 is 0 Å². The first-order valence-electron chi connectivity index (χ1n) is 7.69. The molecule has 1 aliphatic carbocycles. The van der Waals surface area contributed by atoms with E-state index in [0.717, 1.165) is 6.42 Å². The third kappa shape index (κ3) is 5.06. The van der Waals surface area contributed by atoms with E-state index in [1.54, 1.807) is 5.38 Å². The summed E-state index contributed by atoms with van der Waals surface area (Å²) >= 11 is 1.23. The van der Waals surface area contributed by atoms with E-state index in [1.165, 1.54) is 37.5 Å². The number of nitrogens with zero attached hydrogens (tertiary/aromatic N) is 1. The van der Waals surface area contributed by atoms with Gasteiger partial charge in [0, 0.05) is 18.8 Å². The summed E-state index contributed by atoms with van der Waals surface area (Å²) < 4.78 is 5.85. The number of nitrogens with one attached hydrogen (secondary N) is 2. The molecule has 0 aliphatic heterocycles. The molecular formula is C15H23N3O3S. The number of thiazole rings is 1. The van der Waals surface area contributed by atoms with Crippen LogP contribution in [0, 0.1) is 5.92 Å². The van der Waals surface area contributed by atoms with Crippen molar-refractivity contribution in [1.82, 2.24) is 10.3 Å². The molecule has 1 aliphatic rings. The van der Waals surface area contributed by atoms with Crippen LogP contribution in [0.2, 0.25) is 0 Å². The van der Waals surface area contributed by atoms with Crippen LogP contribution in [0.3, 0.4) is 0 Å². The number of carbonyl (C=O) groups excluding carboxylic acids is 2. The van der Waals surface area contributed by atoms with Gasteiger partial charge in [-0.3, -0.25) is 9.59 Å². The van der Waals surface area contributed by atoms with Gasteiger partial charge in [0.25, 0.3) is 5.91 Å². The zero-order chi connectivity index (χ0) is 15.9. The maximum Gasteiger partial charge on any atom is 0.270 e. The molecule has 2 rings (SSSR count). The SMILES string of the molecule is CC(=O)Nc1nc(C(=O)NCCO[C@@H]2CCCC[C@@H]2C)cs1. The van der Waals surface area contributed by atoms with Crippen molar-refractivity contribution >= 4 is 28.3 Å². The topological polar surface area (TPSA) is 80.3 Å². The molecule has 1 aromatic heterocycles. The lowest BCUT2D eigenvalue weighted by Crippen LogP contribution is -2.32. The summed E-state index contributed by atoms with van der Waals surface area (Å²) in [5.74, 6) is 0.160.